The number of hydrogen-bond donors (Lipinski definition) is 0. The summed E-state index contributed by atoms with van der Waals surface area (Å²) in [6, 6.07) is 42.9. The van der Waals surface area contributed by atoms with Crippen molar-refractivity contribution in [3.8, 4) is 22.3 Å². The summed E-state index contributed by atoms with van der Waals surface area (Å²) in [5.74, 6) is 0. The molecule has 0 saturated heterocycles. The van der Waals surface area contributed by atoms with E-state index >= 15 is 0 Å². The van der Waals surface area contributed by atoms with Crippen LogP contribution in [-0.4, -0.2) is 4.98 Å². The third kappa shape index (κ3) is 2.96. The molecule has 0 N–H and O–H groups in total. The first-order valence-corrected chi connectivity index (χ1v) is 12.6. The number of pyridine rings is 1. The highest BCUT2D eigenvalue weighted by Crippen LogP contribution is 2.45. The summed E-state index contributed by atoms with van der Waals surface area (Å²) in [6.45, 7) is 0. The number of benzene rings is 6. The van der Waals surface area contributed by atoms with E-state index in [4.69, 9.17) is 9.40 Å². The summed E-state index contributed by atoms with van der Waals surface area (Å²) in [4.78, 5) is 4.98. The molecule has 0 aliphatic heterocycles. The monoisotopic (exact) mass is 471 g/mol. The van der Waals surface area contributed by atoms with Crippen molar-refractivity contribution in [3.05, 3.63) is 128 Å². The van der Waals surface area contributed by atoms with Crippen LogP contribution in [0.3, 0.4) is 0 Å². The van der Waals surface area contributed by atoms with Gasteiger partial charge in [-0.15, -0.1) is 0 Å². The molecule has 37 heavy (non-hydrogen) atoms. The van der Waals surface area contributed by atoms with Gasteiger partial charge in [0.1, 0.15) is 11.2 Å². The molecule has 0 unspecified atom stereocenters. The molecule has 0 fully saturated rings. The van der Waals surface area contributed by atoms with Crippen LogP contribution >= 0.6 is 0 Å². The molecule has 2 heteroatoms. The number of fused-ring (bicyclic) bond motifs is 6. The van der Waals surface area contributed by atoms with E-state index < -0.39 is 0 Å². The van der Waals surface area contributed by atoms with Gasteiger partial charge in [0.05, 0.1) is 5.52 Å². The van der Waals surface area contributed by atoms with Crippen molar-refractivity contribution in [2.75, 3.05) is 0 Å². The molecule has 0 atom stereocenters. The quantitative estimate of drug-likeness (QED) is 0.235. The molecule has 2 nitrogen and oxygen atoms in total. The minimum atomic E-state index is 0.907. The molecule has 6 aromatic carbocycles. The lowest BCUT2D eigenvalue weighted by molar-refractivity contribution is 0.669. The second kappa shape index (κ2) is 7.78. The number of hydrogen-bond acceptors (Lipinski definition) is 2. The van der Waals surface area contributed by atoms with Crippen molar-refractivity contribution >= 4 is 54.4 Å². The van der Waals surface area contributed by atoms with Crippen molar-refractivity contribution < 1.29 is 4.42 Å². The minimum Gasteiger partial charge on any atom is -0.456 e. The molecular weight excluding hydrogens is 450 g/mol. The number of nitrogens with zero attached hydrogens (tertiary/aromatic N) is 1. The fraction of sp³-hybridized carbons (Fsp3) is 0. The summed E-state index contributed by atoms with van der Waals surface area (Å²) in [5.41, 5.74) is 7.60. The van der Waals surface area contributed by atoms with Crippen molar-refractivity contribution in [2.24, 2.45) is 0 Å². The molecule has 0 amide bonds. The summed E-state index contributed by atoms with van der Waals surface area (Å²) in [6.07, 6.45) is 1.91. The lowest BCUT2D eigenvalue weighted by Gasteiger charge is -2.18. The average molecular weight is 472 g/mol. The van der Waals surface area contributed by atoms with Gasteiger partial charge in [0, 0.05) is 27.9 Å². The first-order chi connectivity index (χ1) is 18.4. The molecule has 172 valence electrons. The van der Waals surface area contributed by atoms with Crippen LogP contribution in [0.1, 0.15) is 0 Å². The van der Waals surface area contributed by atoms with Gasteiger partial charge in [0.2, 0.25) is 0 Å². The van der Waals surface area contributed by atoms with Gasteiger partial charge in [-0.1, -0.05) is 97.1 Å². The van der Waals surface area contributed by atoms with Gasteiger partial charge >= 0.3 is 0 Å². The largest absolute Gasteiger partial charge is 0.456 e. The molecular formula is C35H21NO. The second-order valence-corrected chi connectivity index (χ2v) is 9.53. The average Bonchev–Trinajstić information content (AvgIpc) is 3.33. The fourth-order valence-corrected chi connectivity index (χ4v) is 5.91. The first-order valence-electron chi connectivity index (χ1n) is 12.6. The van der Waals surface area contributed by atoms with E-state index in [1.54, 1.807) is 0 Å². The van der Waals surface area contributed by atoms with Gasteiger partial charge in [-0.25, -0.2) is 0 Å². The Morgan fingerprint density at radius 2 is 1.14 bits per heavy atom. The van der Waals surface area contributed by atoms with Crippen LogP contribution in [0.15, 0.2) is 132 Å². The van der Waals surface area contributed by atoms with Crippen LogP contribution in [0.25, 0.3) is 76.6 Å². The molecule has 0 aliphatic rings. The predicted octanol–water partition coefficient (Wildman–Crippen LogP) is 9.77. The minimum absolute atomic E-state index is 0.907. The van der Waals surface area contributed by atoms with Crippen LogP contribution in [0.4, 0.5) is 0 Å². The lowest BCUT2D eigenvalue weighted by atomic mass is 9.86. The third-order valence-corrected chi connectivity index (χ3v) is 7.50. The van der Waals surface area contributed by atoms with E-state index in [9.17, 15) is 0 Å². The number of aromatic nitrogens is 1. The first kappa shape index (κ1) is 20.3. The van der Waals surface area contributed by atoms with Crippen LogP contribution in [0.2, 0.25) is 0 Å². The molecule has 0 spiro atoms. The van der Waals surface area contributed by atoms with E-state index in [1.807, 2.05) is 24.4 Å². The number of para-hydroxylation sites is 1. The lowest BCUT2D eigenvalue weighted by Crippen LogP contribution is -1.93. The zero-order valence-electron chi connectivity index (χ0n) is 20.0. The Kier molecular flexibility index (Phi) is 4.26. The normalized spacial score (nSPS) is 11.8. The zero-order valence-corrected chi connectivity index (χ0v) is 20.0. The van der Waals surface area contributed by atoms with E-state index in [1.165, 1.54) is 38.2 Å². The van der Waals surface area contributed by atoms with Crippen molar-refractivity contribution in [2.45, 2.75) is 0 Å². The van der Waals surface area contributed by atoms with Crippen LogP contribution in [-0.2, 0) is 0 Å². The standard InChI is InChI=1S/C35H21NO/c1-2-11-24-22(9-1)10-7-15-26(24)34-28-14-4-3-13-27(28)33(29-16-8-20-36-35(29)34)23-18-19-32-30(21-23)25-12-5-6-17-31(25)37-32/h1-21H. The molecule has 8 rings (SSSR count). The van der Waals surface area contributed by atoms with Crippen molar-refractivity contribution in [3.63, 3.8) is 0 Å². The fourth-order valence-electron chi connectivity index (χ4n) is 5.91. The van der Waals surface area contributed by atoms with Crippen LogP contribution < -0.4 is 0 Å². The molecule has 0 radical (unpaired) electrons. The maximum absolute atomic E-state index is 6.12. The third-order valence-electron chi connectivity index (χ3n) is 7.50. The zero-order chi connectivity index (χ0) is 24.3. The van der Waals surface area contributed by atoms with E-state index in [0.29, 0.717) is 0 Å². The van der Waals surface area contributed by atoms with Gasteiger partial charge in [0.25, 0.3) is 0 Å². The Morgan fingerprint density at radius 3 is 2.03 bits per heavy atom. The smallest absolute Gasteiger partial charge is 0.135 e. The molecule has 0 aliphatic carbocycles. The second-order valence-electron chi connectivity index (χ2n) is 9.53. The highest BCUT2D eigenvalue weighted by molar-refractivity contribution is 6.23. The maximum Gasteiger partial charge on any atom is 0.135 e. The number of furan rings is 1. The summed E-state index contributed by atoms with van der Waals surface area (Å²) < 4.78 is 6.12. The highest BCUT2D eigenvalue weighted by atomic mass is 16.3. The predicted molar refractivity (Wildman–Crippen MR) is 155 cm³/mol. The van der Waals surface area contributed by atoms with Gasteiger partial charge in [0.15, 0.2) is 0 Å². The Hall–Kier alpha value is -4.95. The van der Waals surface area contributed by atoms with Gasteiger partial charge in [-0.3, -0.25) is 4.98 Å². The highest BCUT2D eigenvalue weighted by Gasteiger charge is 2.19. The molecule has 0 bridgehead atoms. The van der Waals surface area contributed by atoms with E-state index in [-0.39, 0.29) is 0 Å². The van der Waals surface area contributed by atoms with Gasteiger partial charge in [-0.2, -0.15) is 0 Å². The molecule has 2 aromatic heterocycles. The maximum atomic E-state index is 6.12. The Bertz CT molecular complexity index is 2090. The number of rotatable bonds is 2. The summed E-state index contributed by atoms with van der Waals surface area (Å²) in [5, 5.41) is 8.31. The van der Waals surface area contributed by atoms with Crippen molar-refractivity contribution in [1.82, 2.24) is 4.98 Å². The Labute approximate surface area is 213 Å². The van der Waals surface area contributed by atoms with Gasteiger partial charge < -0.3 is 4.42 Å². The summed E-state index contributed by atoms with van der Waals surface area (Å²) in [7, 11) is 0. The summed E-state index contributed by atoms with van der Waals surface area (Å²) >= 11 is 0. The van der Waals surface area contributed by atoms with E-state index in [2.05, 4.69) is 103 Å². The molecule has 0 saturated carbocycles. The molecule has 2 heterocycles. The van der Waals surface area contributed by atoms with Crippen LogP contribution in [0.5, 0.6) is 0 Å². The van der Waals surface area contributed by atoms with Gasteiger partial charge in [-0.05, 0) is 62.5 Å². The van der Waals surface area contributed by atoms with E-state index in [0.717, 1.165) is 38.4 Å². The Balaban J connectivity index is 1.52. The topological polar surface area (TPSA) is 26.0 Å². The Morgan fingerprint density at radius 1 is 0.459 bits per heavy atom. The van der Waals surface area contributed by atoms with Crippen molar-refractivity contribution in [1.29, 1.82) is 0 Å². The van der Waals surface area contributed by atoms with Crippen LogP contribution in [0, 0.1) is 0 Å². The SMILES string of the molecule is c1ccc2c(-c3c4ccccc4c(-c4ccc5oc6ccccc6c5c4)c4cccnc34)cccc2c1. The molecule has 8 aromatic rings.